The minimum absolute atomic E-state index is 0. The minimum Gasteiger partial charge on any atom is -0.440 e. The molecule has 2 rings (SSSR count). The van der Waals surface area contributed by atoms with Crippen molar-refractivity contribution in [1.82, 2.24) is 25.4 Å². The average molecular weight is 314 g/mol. The Bertz CT molecular complexity index is 593. The average Bonchev–Trinajstić information content (AvgIpc) is 3.00. The van der Waals surface area contributed by atoms with Crippen molar-refractivity contribution in [1.29, 1.82) is 0 Å². The number of carbonyl (C=O) groups excluding carboxylic acids is 1. The number of nitrogens with zero attached hydrogens (tertiary/aromatic N) is 3. The van der Waals surface area contributed by atoms with Gasteiger partial charge >= 0.3 is 0 Å². The van der Waals surface area contributed by atoms with Crippen LogP contribution in [0.25, 0.3) is 11.5 Å². The molecule has 0 bridgehead atoms. The lowest BCUT2D eigenvalue weighted by molar-refractivity contribution is 0.0948. The van der Waals surface area contributed by atoms with E-state index >= 15 is 0 Å². The molecule has 0 saturated carbocycles. The highest BCUT2D eigenvalue weighted by molar-refractivity contribution is 5.93. The van der Waals surface area contributed by atoms with E-state index < -0.39 is 0 Å². The molecule has 2 aromatic rings. The van der Waals surface area contributed by atoms with Crippen LogP contribution < -0.4 is 10.6 Å². The molecular formula is C13H20ClN5O2. The largest absolute Gasteiger partial charge is 0.440 e. The van der Waals surface area contributed by atoms with E-state index in [0.717, 1.165) is 18.7 Å². The lowest BCUT2D eigenvalue weighted by Gasteiger charge is -2.03. The number of hydrogen-bond acceptors (Lipinski definition) is 5. The maximum atomic E-state index is 12.0. The van der Waals surface area contributed by atoms with E-state index in [9.17, 15) is 4.79 Å². The molecule has 0 unspecified atom stereocenters. The molecule has 2 N–H and O–H groups in total. The Morgan fingerprint density at radius 3 is 2.81 bits per heavy atom. The first kappa shape index (κ1) is 17.2. The zero-order valence-electron chi connectivity index (χ0n) is 12.3. The molecule has 8 heteroatoms. The van der Waals surface area contributed by atoms with Gasteiger partial charge in [0.15, 0.2) is 5.69 Å². The van der Waals surface area contributed by atoms with Gasteiger partial charge in [0, 0.05) is 26.3 Å². The van der Waals surface area contributed by atoms with Crippen LogP contribution in [0.4, 0.5) is 0 Å². The summed E-state index contributed by atoms with van der Waals surface area (Å²) in [6.07, 6.45) is 3.44. The first-order valence-corrected chi connectivity index (χ1v) is 6.57. The second-order valence-corrected chi connectivity index (χ2v) is 4.44. The van der Waals surface area contributed by atoms with Gasteiger partial charge in [-0.25, -0.2) is 4.98 Å². The van der Waals surface area contributed by atoms with Gasteiger partial charge in [-0.15, -0.1) is 12.4 Å². The number of halogens is 1. The van der Waals surface area contributed by atoms with Gasteiger partial charge in [-0.1, -0.05) is 6.92 Å². The van der Waals surface area contributed by atoms with E-state index in [1.165, 1.54) is 0 Å². The molecule has 0 radical (unpaired) electrons. The van der Waals surface area contributed by atoms with Gasteiger partial charge in [0.05, 0.1) is 11.8 Å². The number of aromatic nitrogens is 3. The van der Waals surface area contributed by atoms with E-state index in [4.69, 9.17) is 4.42 Å². The molecule has 0 aliphatic rings. The number of aryl methyl sites for hydroxylation is 2. The van der Waals surface area contributed by atoms with Crippen LogP contribution >= 0.6 is 12.4 Å². The fourth-order valence-corrected chi connectivity index (χ4v) is 1.79. The van der Waals surface area contributed by atoms with Crippen LogP contribution in [-0.2, 0) is 7.05 Å². The summed E-state index contributed by atoms with van der Waals surface area (Å²) in [5.74, 6) is 0.691. The van der Waals surface area contributed by atoms with Gasteiger partial charge in [0.25, 0.3) is 5.91 Å². The van der Waals surface area contributed by atoms with Gasteiger partial charge in [0.2, 0.25) is 5.89 Å². The fraction of sp³-hybridized carbons (Fsp3) is 0.462. The second kappa shape index (κ2) is 7.80. The summed E-state index contributed by atoms with van der Waals surface area (Å²) < 4.78 is 7.18. The monoisotopic (exact) mass is 313 g/mol. The molecule has 0 atom stereocenters. The number of oxazole rings is 1. The lowest BCUT2D eigenvalue weighted by atomic mass is 10.3. The van der Waals surface area contributed by atoms with E-state index in [0.29, 0.717) is 23.9 Å². The third-order valence-electron chi connectivity index (χ3n) is 2.80. The maximum Gasteiger partial charge on any atom is 0.273 e. The van der Waals surface area contributed by atoms with E-state index in [-0.39, 0.29) is 18.3 Å². The third kappa shape index (κ3) is 4.30. The molecule has 0 aliphatic heterocycles. The van der Waals surface area contributed by atoms with Crippen molar-refractivity contribution in [2.75, 3.05) is 19.6 Å². The molecule has 2 aromatic heterocycles. The topological polar surface area (TPSA) is 85.0 Å². The van der Waals surface area contributed by atoms with Crippen LogP contribution in [0.15, 0.2) is 16.8 Å². The third-order valence-corrected chi connectivity index (χ3v) is 2.80. The Kier molecular flexibility index (Phi) is 6.39. The number of hydrogen-bond donors (Lipinski definition) is 2. The zero-order valence-corrected chi connectivity index (χ0v) is 13.2. The highest BCUT2D eigenvalue weighted by Crippen LogP contribution is 2.20. The van der Waals surface area contributed by atoms with Crippen LogP contribution in [-0.4, -0.2) is 40.3 Å². The molecule has 0 aliphatic carbocycles. The number of carbonyl (C=O) groups is 1. The normalized spacial score (nSPS) is 10.2. The summed E-state index contributed by atoms with van der Waals surface area (Å²) in [5, 5.41) is 9.99. The summed E-state index contributed by atoms with van der Waals surface area (Å²) in [6.45, 7) is 5.91. The summed E-state index contributed by atoms with van der Waals surface area (Å²) in [4.78, 5) is 16.2. The predicted octanol–water partition coefficient (Wildman–Crippen LogP) is 1.14. The molecule has 0 saturated heterocycles. The van der Waals surface area contributed by atoms with Crippen molar-refractivity contribution in [3.05, 3.63) is 23.8 Å². The van der Waals surface area contributed by atoms with Crippen LogP contribution in [0.2, 0.25) is 0 Å². The minimum atomic E-state index is -0.223. The number of rotatable bonds is 6. The molecular weight excluding hydrogens is 294 g/mol. The maximum absolute atomic E-state index is 12.0. The predicted molar refractivity (Wildman–Crippen MR) is 81.6 cm³/mol. The molecule has 0 aromatic carbocycles. The highest BCUT2D eigenvalue weighted by atomic mass is 35.5. The fourth-order valence-electron chi connectivity index (χ4n) is 1.79. The summed E-state index contributed by atoms with van der Waals surface area (Å²) in [7, 11) is 1.81. The Morgan fingerprint density at radius 2 is 2.19 bits per heavy atom. The van der Waals surface area contributed by atoms with Crippen LogP contribution in [0, 0.1) is 6.92 Å². The quantitative estimate of drug-likeness (QED) is 0.781. The molecule has 116 valence electrons. The summed E-state index contributed by atoms with van der Waals surface area (Å²) in [6, 6.07) is 0. The highest BCUT2D eigenvalue weighted by Gasteiger charge is 2.18. The van der Waals surface area contributed by atoms with Crippen molar-refractivity contribution in [2.45, 2.75) is 13.8 Å². The van der Waals surface area contributed by atoms with Crippen LogP contribution in [0.3, 0.4) is 0 Å². The first-order valence-electron chi connectivity index (χ1n) is 6.57. The zero-order chi connectivity index (χ0) is 14.5. The molecule has 0 spiro atoms. The number of amides is 1. The smallest absolute Gasteiger partial charge is 0.273 e. The second-order valence-electron chi connectivity index (χ2n) is 4.44. The summed E-state index contributed by atoms with van der Waals surface area (Å²) >= 11 is 0. The van der Waals surface area contributed by atoms with Gasteiger partial charge < -0.3 is 15.1 Å². The standard InChI is InChI=1S/C13H19N5O2.ClH/c1-4-14-5-6-15-12(19)11-9(2)20-13(17-11)10-7-16-18(3)8-10;/h7-8,14H,4-6H2,1-3H3,(H,15,19);1H. The molecule has 21 heavy (non-hydrogen) atoms. The van der Waals surface area contributed by atoms with E-state index in [1.807, 2.05) is 14.0 Å². The molecule has 1 amide bonds. The Balaban J connectivity index is 0.00000220. The van der Waals surface area contributed by atoms with Gasteiger partial charge in [-0.3, -0.25) is 9.48 Å². The lowest BCUT2D eigenvalue weighted by Crippen LogP contribution is -2.32. The van der Waals surface area contributed by atoms with Crippen molar-refractivity contribution in [3.8, 4) is 11.5 Å². The first-order chi connectivity index (χ1) is 9.61. The van der Waals surface area contributed by atoms with Gasteiger partial charge in [-0.05, 0) is 13.5 Å². The SMILES string of the molecule is CCNCCNC(=O)c1nc(-c2cnn(C)c2)oc1C.Cl. The number of nitrogens with one attached hydrogen (secondary N) is 2. The van der Waals surface area contributed by atoms with Crippen molar-refractivity contribution < 1.29 is 9.21 Å². The van der Waals surface area contributed by atoms with E-state index in [2.05, 4.69) is 20.7 Å². The summed E-state index contributed by atoms with van der Waals surface area (Å²) in [5.41, 5.74) is 1.07. The van der Waals surface area contributed by atoms with Gasteiger partial charge in [-0.2, -0.15) is 5.10 Å². The van der Waals surface area contributed by atoms with Crippen molar-refractivity contribution >= 4 is 18.3 Å². The van der Waals surface area contributed by atoms with Crippen molar-refractivity contribution in [3.63, 3.8) is 0 Å². The van der Waals surface area contributed by atoms with Gasteiger partial charge in [0.1, 0.15) is 5.76 Å². The van der Waals surface area contributed by atoms with Crippen molar-refractivity contribution in [2.24, 2.45) is 7.05 Å². The Morgan fingerprint density at radius 1 is 1.43 bits per heavy atom. The molecule has 7 nitrogen and oxygen atoms in total. The van der Waals surface area contributed by atoms with E-state index in [1.54, 1.807) is 24.0 Å². The Hall–Kier alpha value is -1.86. The Labute approximate surface area is 129 Å². The molecule has 2 heterocycles. The van der Waals surface area contributed by atoms with Crippen LogP contribution in [0.5, 0.6) is 0 Å². The van der Waals surface area contributed by atoms with Crippen LogP contribution in [0.1, 0.15) is 23.2 Å². The number of likely N-dealkylation sites (N-methyl/N-ethyl adjacent to an activating group) is 1. The molecule has 0 fully saturated rings.